The molecular formula is C17H10BrNO2. The lowest BCUT2D eigenvalue weighted by atomic mass is 9.92. The first-order valence-electron chi connectivity index (χ1n) is 6.56. The summed E-state index contributed by atoms with van der Waals surface area (Å²) in [5, 5.41) is 2.08. The zero-order valence-electron chi connectivity index (χ0n) is 11.2. The van der Waals surface area contributed by atoms with E-state index >= 15 is 0 Å². The van der Waals surface area contributed by atoms with Crippen LogP contribution in [-0.4, -0.2) is 16.1 Å². The molecule has 2 aromatic carbocycles. The van der Waals surface area contributed by atoms with Gasteiger partial charge in [0.2, 0.25) is 5.78 Å². The largest absolute Gasteiger partial charge is 0.343 e. The number of Topliss-reactive ketones (excluding diaryl/α,β-unsaturated/α-hetero) is 1. The minimum absolute atomic E-state index is 0.136. The summed E-state index contributed by atoms with van der Waals surface area (Å²) in [6.07, 6.45) is 1.35. The van der Waals surface area contributed by atoms with Crippen molar-refractivity contribution >= 4 is 49.3 Å². The molecule has 0 saturated carbocycles. The monoisotopic (exact) mass is 339 g/mol. The molecule has 1 aromatic heterocycles. The summed E-state index contributed by atoms with van der Waals surface area (Å²) in [5.74, 6) is -0.273. The van der Waals surface area contributed by atoms with Crippen LogP contribution >= 0.6 is 15.9 Å². The maximum Gasteiger partial charge on any atom is 0.202 e. The molecule has 0 spiro atoms. The molecule has 21 heavy (non-hydrogen) atoms. The predicted octanol–water partition coefficient (Wildman–Crippen LogP) is 3.99. The Balaban J connectivity index is 2.26. The van der Waals surface area contributed by atoms with E-state index < -0.39 is 0 Å². The highest BCUT2D eigenvalue weighted by atomic mass is 79.9. The topological polar surface area (TPSA) is 39.1 Å². The molecule has 1 aliphatic carbocycles. The average molecular weight is 340 g/mol. The Bertz CT molecular complexity index is 995. The maximum absolute atomic E-state index is 12.5. The van der Waals surface area contributed by atoms with Gasteiger partial charge in [-0.3, -0.25) is 9.59 Å². The average Bonchev–Trinajstić information content (AvgIpc) is 2.78. The van der Waals surface area contributed by atoms with E-state index in [1.807, 2.05) is 41.9 Å². The zero-order valence-corrected chi connectivity index (χ0v) is 12.8. The number of fused-ring (bicyclic) bond motifs is 5. The first-order valence-corrected chi connectivity index (χ1v) is 7.35. The third kappa shape index (κ3) is 1.54. The maximum atomic E-state index is 12.5. The number of benzene rings is 2. The van der Waals surface area contributed by atoms with E-state index in [-0.39, 0.29) is 11.6 Å². The number of para-hydroxylation sites is 1. The predicted molar refractivity (Wildman–Crippen MR) is 86.1 cm³/mol. The Morgan fingerprint density at radius 3 is 2.57 bits per heavy atom. The highest BCUT2D eigenvalue weighted by Gasteiger charge is 2.28. The SMILES string of the molecule is Cn1c2ccccc2c2ccc3c(c21)C(=O)C(Br)=CC3=O. The van der Waals surface area contributed by atoms with Crippen LogP contribution in [0, 0.1) is 0 Å². The molecule has 0 amide bonds. The van der Waals surface area contributed by atoms with Crippen molar-refractivity contribution < 1.29 is 9.59 Å². The molecule has 1 aliphatic rings. The van der Waals surface area contributed by atoms with E-state index in [4.69, 9.17) is 0 Å². The number of aryl methyl sites for hydroxylation is 1. The molecule has 0 fully saturated rings. The van der Waals surface area contributed by atoms with Gasteiger partial charge in [0.25, 0.3) is 0 Å². The Morgan fingerprint density at radius 2 is 1.76 bits per heavy atom. The van der Waals surface area contributed by atoms with Gasteiger partial charge in [-0.15, -0.1) is 0 Å². The first-order chi connectivity index (χ1) is 10.1. The van der Waals surface area contributed by atoms with E-state index in [9.17, 15) is 9.59 Å². The summed E-state index contributed by atoms with van der Waals surface area (Å²) in [7, 11) is 1.93. The normalized spacial score (nSPS) is 14.7. The van der Waals surface area contributed by atoms with Gasteiger partial charge >= 0.3 is 0 Å². The number of carbonyl (C=O) groups is 2. The third-order valence-electron chi connectivity index (χ3n) is 4.04. The number of ketones is 2. The molecule has 0 atom stereocenters. The Morgan fingerprint density at radius 1 is 1.00 bits per heavy atom. The summed E-state index contributed by atoms with van der Waals surface area (Å²) in [6, 6.07) is 11.7. The van der Waals surface area contributed by atoms with E-state index in [1.54, 1.807) is 6.07 Å². The lowest BCUT2D eigenvalue weighted by Gasteiger charge is -2.14. The summed E-state index contributed by atoms with van der Waals surface area (Å²) < 4.78 is 2.30. The molecule has 3 aromatic rings. The van der Waals surface area contributed by atoms with Crippen LogP contribution in [0.4, 0.5) is 0 Å². The quantitative estimate of drug-likeness (QED) is 0.621. The van der Waals surface area contributed by atoms with Crippen LogP contribution in [0.3, 0.4) is 0 Å². The summed E-state index contributed by atoms with van der Waals surface area (Å²) in [5.41, 5.74) is 2.83. The molecule has 4 rings (SSSR count). The van der Waals surface area contributed by atoms with Crippen molar-refractivity contribution in [1.29, 1.82) is 0 Å². The number of aromatic nitrogens is 1. The van der Waals surface area contributed by atoms with Gasteiger partial charge in [0, 0.05) is 35.0 Å². The third-order valence-corrected chi connectivity index (χ3v) is 4.63. The molecule has 0 aliphatic heterocycles. The van der Waals surface area contributed by atoms with Crippen molar-refractivity contribution in [3.63, 3.8) is 0 Å². The molecule has 0 bridgehead atoms. The number of hydrogen-bond donors (Lipinski definition) is 0. The van der Waals surface area contributed by atoms with Gasteiger partial charge in [0.1, 0.15) is 0 Å². The van der Waals surface area contributed by atoms with Crippen LogP contribution in [0.5, 0.6) is 0 Å². The molecule has 3 nitrogen and oxygen atoms in total. The molecule has 1 heterocycles. The Kier molecular flexibility index (Phi) is 2.48. The van der Waals surface area contributed by atoms with Crippen molar-refractivity contribution in [2.45, 2.75) is 0 Å². The zero-order chi connectivity index (χ0) is 14.7. The Hall–Kier alpha value is -2.20. The van der Waals surface area contributed by atoms with E-state index in [2.05, 4.69) is 15.9 Å². The number of rotatable bonds is 0. The number of hydrogen-bond acceptors (Lipinski definition) is 2. The van der Waals surface area contributed by atoms with Gasteiger partial charge < -0.3 is 4.57 Å². The molecule has 0 unspecified atom stereocenters. The smallest absolute Gasteiger partial charge is 0.202 e. The fourth-order valence-electron chi connectivity index (χ4n) is 3.08. The molecule has 0 saturated heterocycles. The fraction of sp³-hybridized carbons (Fsp3) is 0.0588. The highest BCUT2D eigenvalue weighted by Crippen LogP contribution is 2.35. The van der Waals surface area contributed by atoms with Crippen molar-refractivity contribution in [3.05, 3.63) is 58.1 Å². The molecular weight excluding hydrogens is 330 g/mol. The Labute approximate surface area is 129 Å². The van der Waals surface area contributed by atoms with E-state index in [0.717, 1.165) is 21.8 Å². The van der Waals surface area contributed by atoms with Crippen LogP contribution in [0.1, 0.15) is 20.7 Å². The molecule has 102 valence electrons. The second-order valence-corrected chi connectivity index (χ2v) is 6.00. The highest BCUT2D eigenvalue weighted by molar-refractivity contribution is 9.12. The van der Waals surface area contributed by atoms with E-state index in [0.29, 0.717) is 15.6 Å². The van der Waals surface area contributed by atoms with Gasteiger partial charge in [0.05, 0.1) is 15.6 Å². The molecule has 0 N–H and O–H groups in total. The van der Waals surface area contributed by atoms with Crippen molar-refractivity contribution in [2.24, 2.45) is 7.05 Å². The van der Waals surface area contributed by atoms with E-state index in [1.165, 1.54) is 6.08 Å². The summed E-state index contributed by atoms with van der Waals surface area (Å²) >= 11 is 3.20. The van der Waals surface area contributed by atoms with Crippen molar-refractivity contribution in [3.8, 4) is 0 Å². The van der Waals surface area contributed by atoms with Crippen LogP contribution < -0.4 is 0 Å². The number of allylic oxidation sites excluding steroid dienone is 2. The fourth-order valence-corrected chi connectivity index (χ4v) is 3.49. The van der Waals surface area contributed by atoms with Gasteiger partial charge in [-0.05, 0) is 28.1 Å². The second kappa shape index (κ2) is 4.15. The molecule has 0 radical (unpaired) electrons. The number of nitrogens with zero attached hydrogens (tertiary/aromatic N) is 1. The van der Waals surface area contributed by atoms with Crippen LogP contribution in [0.2, 0.25) is 0 Å². The van der Waals surface area contributed by atoms with Gasteiger partial charge in [-0.1, -0.05) is 24.3 Å². The van der Waals surface area contributed by atoms with Crippen LogP contribution in [0.15, 0.2) is 47.0 Å². The van der Waals surface area contributed by atoms with Crippen LogP contribution in [-0.2, 0) is 7.05 Å². The van der Waals surface area contributed by atoms with Gasteiger partial charge in [-0.25, -0.2) is 0 Å². The standard InChI is InChI=1S/C17H10BrNO2/c1-19-13-5-3-2-4-9(13)10-6-7-11-14(20)8-12(18)17(21)15(11)16(10)19/h2-8H,1H3. The second-order valence-electron chi connectivity index (χ2n) is 5.15. The van der Waals surface area contributed by atoms with Gasteiger partial charge in [0.15, 0.2) is 5.78 Å². The first kappa shape index (κ1) is 12.5. The van der Waals surface area contributed by atoms with Crippen LogP contribution in [0.25, 0.3) is 21.8 Å². The van der Waals surface area contributed by atoms with Crippen molar-refractivity contribution in [2.75, 3.05) is 0 Å². The van der Waals surface area contributed by atoms with Crippen molar-refractivity contribution in [1.82, 2.24) is 4.57 Å². The minimum atomic E-state index is -0.138. The minimum Gasteiger partial charge on any atom is -0.343 e. The number of halogens is 1. The van der Waals surface area contributed by atoms with Gasteiger partial charge in [-0.2, -0.15) is 0 Å². The molecule has 4 heteroatoms. The summed E-state index contributed by atoms with van der Waals surface area (Å²) in [4.78, 5) is 24.7. The lowest BCUT2D eigenvalue weighted by molar-refractivity contribution is 0.0993. The number of carbonyl (C=O) groups excluding carboxylic acids is 2. The lowest BCUT2D eigenvalue weighted by Crippen LogP contribution is -2.15. The summed E-state index contributed by atoms with van der Waals surface area (Å²) in [6.45, 7) is 0.